The van der Waals surface area contributed by atoms with Crippen LogP contribution in [0.3, 0.4) is 0 Å². The summed E-state index contributed by atoms with van der Waals surface area (Å²) in [5.41, 5.74) is 1.32. The molecule has 3 amide bonds. The van der Waals surface area contributed by atoms with Gasteiger partial charge in [-0.3, -0.25) is 14.4 Å². The number of rotatable bonds is 8. The number of nitrogens with zero attached hydrogens (tertiary/aromatic N) is 1. The van der Waals surface area contributed by atoms with E-state index < -0.39 is 0 Å². The fraction of sp³-hybridized carbons (Fsp3) is 0.471. The number of hydrogen-bond donors (Lipinski definition) is 3. The number of hydrogen-bond acceptors (Lipinski definition) is 3. The highest BCUT2D eigenvalue weighted by molar-refractivity contribution is 5.92. The summed E-state index contributed by atoms with van der Waals surface area (Å²) in [5, 5.41) is 5.45. The molecule has 7 nitrogen and oxygen atoms in total. The van der Waals surface area contributed by atoms with Crippen molar-refractivity contribution in [3.63, 3.8) is 0 Å². The number of benzene rings is 1. The SMILES string of the molecule is CCN(CC)C(=O)C[NH+](C)CC(=O)Nc1ccc(NC(C)=O)cc1. The van der Waals surface area contributed by atoms with Crippen LogP contribution in [0.15, 0.2) is 24.3 Å². The molecule has 1 rings (SSSR count). The molecule has 0 aliphatic heterocycles. The highest BCUT2D eigenvalue weighted by Gasteiger charge is 2.17. The number of anilines is 2. The molecule has 0 aromatic heterocycles. The highest BCUT2D eigenvalue weighted by Crippen LogP contribution is 2.13. The molecule has 0 fully saturated rings. The molecule has 1 aromatic rings. The number of amides is 3. The number of quaternary nitrogens is 1. The minimum absolute atomic E-state index is 0.0463. The first-order chi connectivity index (χ1) is 11.3. The quantitative estimate of drug-likeness (QED) is 0.624. The lowest BCUT2D eigenvalue weighted by Crippen LogP contribution is -3.11. The Morgan fingerprint density at radius 1 is 0.958 bits per heavy atom. The molecule has 0 radical (unpaired) electrons. The van der Waals surface area contributed by atoms with Crippen LogP contribution in [0.1, 0.15) is 20.8 Å². The van der Waals surface area contributed by atoms with Crippen LogP contribution in [0, 0.1) is 0 Å². The van der Waals surface area contributed by atoms with Gasteiger partial charge in [0.15, 0.2) is 13.1 Å². The molecule has 0 aliphatic carbocycles. The third-order valence-electron chi connectivity index (χ3n) is 3.52. The molecular weight excluding hydrogens is 308 g/mol. The summed E-state index contributed by atoms with van der Waals surface area (Å²) >= 11 is 0. The summed E-state index contributed by atoms with van der Waals surface area (Å²) in [6.07, 6.45) is 0. The molecule has 7 heteroatoms. The summed E-state index contributed by atoms with van der Waals surface area (Å²) in [6, 6.07) is 6.88. The van der Waals surface area contributed by atoms with Crippen molar-refractivity contribution in [1.29, 1.82) is 0 Å². The smallest absolute Gasteiger partial charge is 0.279 e. The largest absolute Gasteiger partial charge is 0.338 e. The van der Waals surface area contributed by atoms with E-state index in [2.05, 4.69) is 10.6 Å². The zero-order valence-corrected chi connectivity index (χ0v) is 14.8. The van der Waals surface area contributed by atoms with Gasteiger partial charge < -0.3 is 20.4 Å². The maximum absolute atomic E-state index is 12.0. The predicted octanol–water partition coefficient (Wildman–Crippen LogP) is -0.0334. The molecule has 0 aliphatic rings. The molecule has 1 atom stereocenters. The van der Waals surface area contributed by atoms with Crippen LogP contribution in [0.4, 0.5) is 11.4 Å². The van der Waals surface area contributed by atoms with E-state index in [1.165, 1.54) is 6.92 Å². The van der Waals surface area contributed by atoms with Gasteiger partial charge in [-0.2, -0.15) is 0 Å². The van der Waals surface area contributed by atoms with Crippen molar-refractivity contribution in [2.45, 2.75) is 20.8 Å². The standard InChI is InChI=1S/C17H26N4O3/c1-5-21(6-2)17(24)12-20(4)11-16(23)19-15-9-7-14(8-10-15)18-13(3)22/h7-10H,5-6,11-12H2,1-4H3,(H,18,22)(H,19,23)/p+1. The van der Waals surface area contributed by atoms with Crippen LogP contribution >= 0.6 is 0 Å². The second kappa shape index (κ2) is 9.67. The van der Waals surface area contributed by atoms with Gasteiger partial charge in [0.25, 0.3) is 11.8 Å². The second-order valence-electron chi connectivity index (χ2n) is 5.68. The van der Waals surface area contributed by atoms with Gasteiger partial charge in [-0.1, -0.05) is 0 Å². The van der Waals surface area contributed by atoms with E-state index in [1.807, 2.05) is 20.9 Å². The number of carbonyl (C=O) groups is 3. The Bertz CT molecular complexity index is 568. The normalized spacial score (nSPS) is 11.5. The Hall–Kier alpha value is -2.41. The van der Waals surface area contributed by atoms with Gasteiger partial charge in [-0.25, -0.2) is 0 Å². The third kappa shape index (κ3) is 6.78. The van der Waals surface area contributed by atoms with Crippen LogP contribution in [0.25, 0.3) is 0 Å². The first kappa shape index (κ1) is 19.6. The van der Waals surface area contributed by atoms with Gasteiger partial charge in [0.2, 0.25) is 5.91 Å². The van der Waals surface area contributed by atoms with Crippen LogP contribution in [-0.2, 0) is 14.4 Å². The van der Waals surface area contributed by atoms with E-state index in [0.29, 0.717) is 24.5 Å². The molecule has 0 saturated carbocycles. The number of likely N-dealkylation sites (N-methyl/N-ethyl adjacent to an activating group) is 2. The molecule has 132 valence electrons. The average Bonchev–Trinajstić information content (AvgIpc) is 2.49. The van der Waals surface area contributed by atoms with Crippen LogP contribution < -0.4 is 15.5 Å². The van der Waals surface area contributed by atoms with Crippen molar-refractivity contribution < 1.29 is 19.3 Å². The van der Waals surface area contributed by atoms with E-state index in [0.717, 1.165) is 4.90 Å². The molecule has 3 N–H and O–H groups in total. The van der Waals surface area contributed by atoms with Crippen molar-refractivity contribution >= 4 is 29.1 Å². The van der Waals surface area contributed by atoms with Crippen LogP contribution in [-0.4, -0.2) is 55.8 Å². The molecule has 1 unspecified atom stereocenters. The molecule has 0 saturated heterocycles. The molecule has 0 bridgehead atoms. The van der Waals surface area contributed by atoms with Crippen molar-refractivity contribution in [2.24, 2.45) is 0 Å². The molecule has 0 spiro atoms. The van der Waals surface area contributed by atoms with Gasteiger partial charge in [0.1, 0.15) is 0 Å². The molecular formula is C17H27N4O3+. The number of carbonyl (C=O) groups excluding carboxylic acids is 3. The third-order valence-corrected chi connectivity index (χ3v) is 3.52. The van der Waals surface area contributed by atoms with E-state index in [9.17, 15) is 14.4 Å². The van der Waals surface area contributed by atoms with E-state index in [1.54, 1.807) is 29.2 Å². The Kier molecular flexibility index (Phi) is 7.91. The van der Waals surface area contributed by atoms with Crippen molar-refractivity contribution in [3.8, 4) is 0 Å². The lowest BCUT2D eigenvalue weighted by molar-refractivity contribution is -0.862. The van der Waals surface area contributed by atoms with Gasteiger partial charge in [-0.15, -0.1) is 0 Å². The summed E-state index contributed by atoms with van der Waals surface area (Å²) in [6.45, 7) is 7.16. The maximum atomic E-state index is 12.0. The predicted molar refractivity (Wildman–Crippen MR) is 93.9 cm³/mol. The van der Waals surface area contributed by atoms with Crippen molar-refractivity contribution in [2.75, 3.05) is 43.9 Å². The van der Waals surface area contributed by atoms with Crippen molar-refractivity contribution in [1.82, 2.24) is 4.90 Å². The second-order valence-corrected chi connectivity index (χ2v) is 5.68. The fourth-order valence-corrected chi connectivity index (χ4v) is 2.33. The fourth-order valence-electron chi connectivity index (χ4n) is 2.33. The zero-order chi connectivity index (χ0) is 18.1. The topological polar surface area (TPSA) is 83.0 Å². The van der Waals surface area contributed by atoms with Gasteiger partial charge in [0.05, 0.1) is 7.05 Å². The lowest BCUT2D eigenvalue weighted by Gasteiger charge is -2.20. The minimum atomic E-state index is -0.160. The van der Waals surface area contributed by atoms with Crippen LogP contribution in [0.5, 0.6) is 0 Å². The lowest BCUT2D eigenvalue weighted by atomic mass is 10.2. The summed E-state index contributed by atoms with van der Waals surface area (Å²) < 4.78 is 0. The van der Waals surface area contributed by atoms with Gasteiger partial charge in [0, 0.05) is 31.4 Å². The summed E-state index contributed by atoms with van der Waals surface area (Å²) in [5.74, 6) is -0.257. The Labute approximate surface area is 143 Å². The first-order valence-electron chi connectivity index (χ1n) is 8.12. The summed E-state index contributed by atoms with van der Waals surface area (Å²) in [7, 11) is 1.82. The van der Waals surface area contributed by atoms with Crippen LogP contribution in [0.2, 0.25) is 0 Å². The highest BCUT2D eigenvalue weighted by atomic mass is 16.2. The average molecular weight is 335 g/mol. The first-order valence-corrected chi connectivity index (χ1v) is 8.12. The molecule has 0 heterocycles. The monoisotopic (exact) mass is 335 g/mol. The molecule has 24 heavy (non-hydrogen) atoms. The Balaban J connectivity index is 2.47. The Morgan fingerprint density at radius 2 is 1.46 bits per heavy atom. The van der Waals surface area contributed by atoms with Gasteiger partial charge >= 0.3 is 0 Å². The van der Waals surface area contributed by atoms with E-state index >= 15 is 0 Å². The van der Waals surface area contributed by atoms with E-state index in [-0.39, 0.29) is 30.8 Å². The van der Waals surface area contributed by atoms with Gasteiger partial charge in [-0.05, 0) is 38.1 Å². The maximum Gasteiger partial charge on any atom is 0.279 e. The Morgan fingerprint density at radius 3 is 1.92 bits per heavy atom. The molecule has 1 aromatic carbocycles. The van der Waals surface area contributed by atoms with E-state index in [4.69, 9.17) is 0 Å². The number of nitrogens with one attached hydrogen (secondary N) is 3. The summed E-state index contributed by atoms with van der Waals surface area (Å²) in [4.78, 5) is 37.6. The zero-order valence-electron chi connectivity index (χ0n) is 14.8. The van der Waals surface area contributed by atoms with Crippen molar-refractivity contribution in [3.05, 3.63) is 24.3 Å². The minimum Gasteiger partial charge on any atom is -0.338 e.